The molecule has 3 nitrogen and oxygen atoms in total. The number of carbonyl (C=O) groups is 1. The van der Waals surface area contributed by atoms with Gasteiger partial charge in [-0.3, -0.25) is 0 Å². The highest BCUT2D eigenvalue weighted by Gasteiger charge is 2.10. The molecule has 1 aromatic rings. The number of amides is 2. The maximum atomic E-state index is 12.9. The van der Waals surface area contributed by atoms with Crippen LogP contribution in [0.15, 0.2) is 18.2 Å². The van der Waals surface area contributed by atoms with Crippen molar-refractivity contribution in [1.29, 1.82) is 0 Å². The number of rotatable bonds is 4. The van der Waals surface area contributed by atoms with Crippen LogP contribution in [0.25, 0.3) is 0 Å². The first-order chi connectivity index (χ1) is 8.40. The van der Waals surface area contributed by atoms with Gasteiger partial charge in [0.15, 0.2) is 0 Å². The van der Waals surface area contributed by atoms with E-state index in [1.165, 1.54) is 12.1 Å². The Morgan fingerprint density at radius 1 is 1.39 bits per heavy atom. The third kappa shape index (κ3) is 4.53. The predicted octanol–water partition coefficient (Wildman–Crippen LogP) is 3.32. The molecule has 0 saturated heterocycles. The zero-order chi connectivity index (χ0) is 13.7. The minimum atomic E-state index is -0.460. The molecule has 0 aromatic heterocycles. The average molecular weight is 273 g/mol. The van der Waals surface area contributed by atoms with Crippen molar-refractivity contribution in [2.75, 3.05) is 0 Å². The van der Waals surface area contributed by atoms with Crippen molar-refractivity contribution >= 4 is 17.6 Å². The fraction of sp³-hybridized carbons (Fsp3) is 0.462. The van der Waals surface area contributed by atoms with Crippen LogP contribution in [0, 0.1) is 11.7 Å². The molecule has 0 aliphatic carbocycles. The minimum absolute atomic E-state index is 0.0604. The lowest BCUT2D eigenvalue weighted by Gasteiger charge is -2.17. The summed E-state index contributed by atoms with van der Waals surface area (Å²) in [6.07, 6.45) is 0. The van der Waals surface area contributed by atoms with Gasteiger partial charge in [-0.05, 0) is 30.5 Å². The van der Waals surface area contributed by atoms with Crippen LogP contribution >= 0.6 is 11.6 Å². The Labute approximate surface area is 112 Å². The molecule has 0 radical (unpaired) electrons. The van der Waals surface area contributed by atoms with Gasteiger partial charge in [0.25, 0.3) is 0 Å². The molecule has 1 rings (SSSR count). The largest absolute Gasteiger partial charge is 0.335 e. The third-order valence-corrected chi connectivity index (χ3v) is 3.09. The molecule has 0 saturated carbocycles. The Morgan fingerprint density at radius 2 is 2.06 bits per heavy atom. The maximum Gasteiger partial charge on any atom is 0.315 e. The van der Waals surface area contributed by atoms with E-state index in [4.69, 9.17) is 11.6 Å². The van der Waals surface area contributed by atoms with Gasteiger partial charge >= 0.3 is 6.03 Å². The Morgan fingerprint density at radius 3 is 2.61 bits per heavy atom. The first-order valence-corrected chi connectivity index (χ1v) is 6.26. The van der Waals surface area contributed by atoms with Crippen molar-refractivity contribution in [3.63, 3.8) is 0 Å². The molecule has 0 aliphatic rings. The van der Waals surface area contributed by atoms with Gasteiger partial charge in [-0.25, -0.2) is 9.18 Å². The number of hydrogen-bond acceptors (Lipinski definition) is 1. The molecule has 18 heavy (non-hydrogen) atoms. The lowest BCUT2D eigenvalue weighted by Crippen LogP contribution is -2.42. The molecule has 2 N–H and O–H groups in total. The van der Waals surface area contributed by atoms with E-state index in [-0.39, 0.29) is 17.1 Å². The molecular formula is C13H18ClFN2O. The highest BCUT2D eigenvalue weighted by Crippen LogP contribution is 2.15. The molecule has 2 amide bonds. The summed E-state index contributed by atoms with van der Waals surface area (Å²) in [6.45, 7) is 6.32. The number of carbonyl (C=O) groups excluding carboxylic acids is 1. The zero-order valence-electron chi connectivity index (χ0n) is 10.8. The van der Waals surface area contributed by atoms with Gasteiger partial charge in [0.1, 0.15) is 5.82 Å². The van der Waals surface area contributed by atoms with Gasteiger partial charge in [-0.2, -0.15) is 0 Å². The number of nitrogens with one attached hydrogen (secondary N) is 2. The zero-order valence-corrected chi connectivity index (χ0v) is 11.5. The van der Waals surface area contributed by atoms with E-state index in [0.29, 0.717) is 12.5 Å². The highest BCUT2D eigenvalue weighted by molar-refractivity contribution is 6.30. The molecule has 0 bridgehead atoms. The van der Waals surface area contributed by atoms with Crippen LogP contribution in [0.4, 0.5) is 9.18 Å². The van der Waals surface area contributed by atoms with Crippen LogP contribution in [0.5, 0.6) is 0 Å². The predicted molar refractivity (Wildman–Crippen MR) is 71.1 cm³/mol. The topological polar surface area (TPSA) is 41.1 Å². The molecule has 1 unspecified atom stereocenters. The first kappa shape index (κ1) is 14.8. The van der Waals surface area contributed by atoms with E-state index in [9.17, 15) is 9.18 Å². The van der Waals surface area contributed by atoms with E-state index in [1.807, 2.05) is 20.8 Å². The molecule has 5 heteroatoms. The van der Waals surface area contributed by atoms with Gasteiger partial charge in [0.05, 0.1) is 5.02 Å². The number of hydrogen-bond donors (Lipinski definition) is 2. The summed E-state index contributed by atoms with van der Waals surface area (Å²) >= 11 is 5.65. The molecule has 0 aliphatic heterocycles. The van der Waals surface area contributed by atoms with E-state index in [0.717, 1.165) is 5.56 Å². The lowest BCUT2D eigenvalue weighted by atomic mass is 10.1. The van der Waals surface area contributed by atoms with Crippen LogP contribution in [-0.4, -0.2) is 12.1 Å². The van der Waals surface area contributed by atoms with E-state index in [1.54, 1.807) is 6.07 Å². The van der Waals surface area contributed by atoms with Crippen molar-refractivity contribution in [3.8, 4) is 0 Å². The second-order valence-electron chi connectivity index (χ2n) is 4.61. The SMILES string of the molecule is CC(C)C(C)NC(=O)NCc1ccc(F)c(Cl)c1. The number of halogens is 2. The smallest absolute Gasteiger partial charge is 0.315 e. The van der Waals surface area contributed by atoms with Crippen LogP contribution in [0.2, 0.25) is 5.02 Å². The van der Waals surface area contributed by atoms with Crippen LogP contribution in [-0.2, 0) is 6.54 Å². The average Bonchev–Trinajstić information content (AvgIpc) is 2.30. The summed E-state index contributed by atoms with van der Waals surface area (Å²) in [5.74, 6) is -0.0886. The summed E-state index contributed by atoms with van der Waals surface area (Å²) in [5.41, 5.74) is 0.758. The van der Waals surface area contributed by atoms with Gasteiger partial charge in [-0.15, -0.1) is 0 Å². The summed E-state index contributed by atoms with van der Waals surface area (Å²) in [7, 11) is 0. The maximum absolute atomic E-state index is 12.9. The quantitative estimate of drug-likeness (QED) is 0.867. The fourth-order valence-electron chi connectivity index (χ4n) is 1.26. The summed E-state index contributed by atoms with van der Waals surface area (Å²) in [5, 5.41) is 5.58. The number of urea groups is 1. The molecule has 1 aromatic carbocycles. The molecule has 100 valence electrons. The minimum Gasteiger partial charge on any atom is -0.335 e. The van der Waals surface area contributed by atoms with Crippen LogP contribution in [0.1, 0.15) is 26.3 Å². The van der Waals surface area contributed by atoms with E-state index < -0.39 is 5.82 Å². The third-order valence-electron chi connectivity index (χ3n) is 2.80. The van der Waals surface area contributed by atoms with Crippen molar-refractivity contribution in [2.24, 2.45) is 5.92 Å². The normalized spacial score (nSPS) is 12.3. The second-order valence-corrected chi connectivity index (χ2v) is 5.02. The fourth-order valence-corrected chi connectivity index (χ4v) is 1.46. The molecular weight excluding hydrogens is 255 g/mol. The molecule has 0 fully saturated rings. The summed E-state index contributed by atoms with van der Waals surface area (Å²) < 4.78 is 12.9. The van der Waals surface area contributed by atoms with Crippen LogP contribution in [0.3, 0.4) is 0 Å². The molecule has 1 atom stereocenters. The molecule has 0 spiro atoms. The van der Waals surface area contributed by atoms with E-state index >= 15 is 0 Å². The summed E-state index contributed by atoms with van der Waals surface area (Å²) in [6, 6.07) is 4.24. The lowest BCUT2D eigenvalue weighted by molar-refractivity contribution is 0.234. The number of benzene rings is 1. The second kappa shape index (κ2) is 6.59. The Hall–Kier alpha value is -1.29. The van der Waals surface area contributed by atoms with Gasteiger partial charge in [0.2, 0.25) is 0 Å². The van der Waals surface area contributed by atoms with Gasteiger partial charge < -0.3 is 10.6 Å². The van der Waals surface area contributed by atoms with Gasteiger partial charge in [-0.1, -0.05) is 31.5 Å². The van der Waals surface area contributed by atoms with Gasteiger partial charge in [0, 0.05) is 12.6 Å². The van der Waals surface area contributed by atoms with Crippen molar-refractivity contribution in [2.45, 2.75) is 33.4 Å². The Kier molecular flexibility index (Phi) is 5.41. The van der Waals surface area contributed by atoms with Crippen LogP contribution < -0.4 is 10.6 Å². The molecule has 0 heterocycles. The van der Waals surface area contributed by atoms with E-state index in [2.05, 4.69) is 10.6 Å². The monoisotopic (exact) mass is 272 g/mol. The van der Waals surface area contributed by atoms with Crippen molar-refractivity contribution < 1.29 is 9.18 Å². The summed E-state index contributed by atoms with van der Waals surface area (Å²) in [4.78, 5) is 11.6. The van der Waals surface area contributed by atoms with Crippen molar-refractivity contribution in [3.05, 3.63) is 34.6 Å². The standard InChI is InChI=1S/C13H18ClFN2O/c1-8(2)9(3)17-13(18)16-7-10-4-5-12(15)11(14)6-10/h4-6,8-9H,7H2,1-3H3,(H2,16,17,18). The van der Waals surface area contributed by atoms with Crippen molar-refractivity contribution in [1.82, 2.24) is 10.6 Å². The Balaban J connectivity index is 2.45. The Bertz CT molecular complexity index is 423. The first-order valence-electron chi connectivity index (χ1n) is 5.88. The highest BCUT2D eigenvalue weighted by atomic mass is 35.5.